The maximum atomic E-state index is 13.8. The summed E-state index contributed by atoms with van der Waals surface area (Å²) in [6, 6.07) is 6.80. The third-order valence-corrected chi connectivity index (χ3v) is 10.3. The van der Waals surface area contributed by atoms with Gasteiger partial charge in [0, 0.05) is 37.3 Å². The molecular weight excluding hydrogens is 536 g/mol. The van der Waals surface area contributed by atoms with Gasteiger partial charge in [-0.2, -0.15) is 5.01 Å². The number of morpholine rings is 1. The molecule has 8 rings (SSSR count). The van der Waals surface area contributed by atoms with Crippen LogP contribution in [0, 0.1) is 5.92 Å². The molecule has 7 unspecified atom stereocenters. The molecule has 2 amide bonds. The highest BCUT2D eigenvalue weighted by Crippen LogP contribution is 2.52. The summed E-state index contributed by atoms with van der Waals surface area (Å²) in [6.45, 7) is 3.39. The first-order valence-corrected chi connectivity index (χ1v) is 15.6. The number of likely N-dealkylation sites (N-methyl/N-ethyl adjacent to an activating group) is 1. The molecule has 1 aliphatic carbocycles. The Kier molecular flexibility index (Phi) is 6.60. The van der Waals surface area contributed by atoms with Crippen molar-refractivity contribution in [1.82, 2.24) is 35.8 Å². The summed E-state index contributed by atoms with van der Waals surface area (Å²) >= 11 is 0. The highest BCUT2D eigenvalue weighted by atomic mass is 16.5. The topological polar surface area (TPSA) is 125 Å². The van der Waals surface area contributed by atoms with Crippen LogP contribution in [0.2, 0.25) is 0 Å². The van der Waals surface area contributed by atoms with Crippen molar-refractivity contribution in [2.75, 3.05) is 45.2 Å². The molecule has 7 aliphatic rings. The summed E-state index contributed by atoms with van der Waals surface area (Å²) in [5, 5.41) is 29.2. The summed E-state index contributed by atoms with van der Waals surface area (Å²) in [5.74, 6) is -0.298. The number of fused-ring (bicyclic) bond motifs is 7. The molecule has 6 aliphatic heterocycles. The van der Waals surface area contributed by atoms with E-state index in [0.29, 0.717) is 24.9 Å². The Labute approximate surface area is 246 Å². The van der Waals surface area contributed by atoms with Crippen molar-refractivity contribution < 1.29 is 19.4 Å². The molecule has 7 atom stereocenters. The van der Waals surface area contributed by atoms with Crippen molar-refractivity contribution in [3.8, 4) is 0 Å². The second-order valence-electron chi connectivity index (χ2n) is 13.3. The van der Waals surface area contributed by atoms with Crippen molar-refractivity contribution in [3.63, 3.8) is 0 Å². The van der Waals surface area contributed by atoms with Gasteiger partial charge in [0.05, 0.1) is 37.0 Å². The third kappa shape index (κ3) is 4.55. The first kappa shape index (κ1) is 27.0. The molecule has 2 bridgehead atoms. The average molecular weight is 579 g/mol. The van der Waals surface area contributed by atoms with Gasteiger partial charge in [-0.15, -0.1) is 0 Å². The molecule has 0 aromatic heterocycles. The predicted molar refractivity (Wildman–Crippen MR) is 154 cm³/mol. The standard InChI is InChI=1S/C30H42N8O4/c1-35-14-18-12-19(5-6-22(18)30(17-35)9-10-30)32-29-31-13-21-26(34-29)38-24-8-7-23-27(33-24)36(25(40)16-42-23)15-20(39)4-2-3-11-37(38)28(21)41/h2-3,5-6,12,20-21,23-24,26-27,29,31-34,39H,4,7-11,13-17H2,1H3/b3-2-. The van der Waals surface area contributed by atoms with E-state index in [4.69, 9.17) is 4.74 Å². The van der Waals surface area contributed by atoms with Crippen LogP contribution in [0.3, 0.4) is 0 Å². The van der Waals surface area contributed by atoms with Crippen LogP contribution < -0.4 is 21.3 Å². The number of hydrogen-bond donors (Lipinski definition) is 5. The molecule has 5 N–H and O–H groups in total. The van der Waals surface area contributed by atoms with Gasteiger partial charge in [-0.3, -0.25) is 30.5 Å². The monoisotopic (exact) mass is 578 g/mol. The number of rotatable bonds is 2. The van der Waals surface area contributed by atoms with Crippen LogP contribution in [0.15, 0.2) is 30.4 Å². The lowest BCUT2D eigenvalue weighted by Gasteiger charge is -2.51. The maximum absolute atomic E-state index is 13.8. The molecular formula is C30H42N8O4. The van der Waals surface area contributed by atoms with Crippen molar-refractivity contribution >= 4 is 17.5 Å². The number of benzene rings is 1. The molecule has 42 heavy (non-hydrogen) atoms. The Bertz CT molecular complexity index is 1290. The molecule has 1 saturated carbocycles. The second-order valence-corrected chi connectivity index (χ2v) is 13.3. The predicted octanol–water partition coefficient (Wildman–Crippen LogP) is -0.363. The van der Waals surface area contributed by atoms with Crippen molar-refractivity contribution in [2.45, 2.75) is 81.1 Å². The van der Waals surface area contributed by atoms with Gasteiger partial charge in [-0.25, -0.2) is 0 Å². The van der Waals surface area contributed by atoms with E-state index in [2.05, 4.69) is 56.4 Å². The van der Waals surface area contributed by atoms with E-state index in [0.717, 1.165) is 31.6 Å². The van der Waals surface area contributed by atoms with Crippen molar-refractivity contribution in [1.29, 1.82) is 0 Å². The molecule has 4 saturated heterocycles. The van der Waals surface area contributed by atoms with Crippen molar-refractivity contribution in [3.05, 3.63) is 41.5 Å². The number of ether oxygens (including phenoxy) is 1. The number of hydrogen-bond acceptors (Lipinski definition) is 10. The van der Waals surface area contributed by atoms with E-state index in [1.165, 1.54) is 24.0 Å². The lowest BCUT2D eigenvalue weighted by atomic mass is 9.87. The number of carbonyl (C=O) groups excluding carboxylic acids is 2. The third-order valence-electron chi connectivity index (χ3n) is 10.3. The van der Waals surface area contributed by atoms with Crippen LogP contribution >= 0.6 is 0 Å². The first-order valence-electron chi connectivity index (χ1n) is 15.6. The van der Waals surface area contributed by atoms with Crippen LogP contribution in [-0.2, 0) is 26.3 Å². The van der Waals surface area contributed by atoms with Crippen LogP contribution in [0.5, 0.6) is 0 Å². The molecule has 12 heteroatoms. The van der Waals surface area contributed by atoms with E-state index in [9.17, 15) is 14.7 Å². The fourth-order valence-corrected chi connectivity index (χ4v) is 8.21. The Morgan fingerprint density at radius 2 is 2.00 bits per heavy atom. The largest absolute Gasteiger partial charge is 0.391 e. The maximum Gasteiger partial charge on any atom is 0.250 e. The fourth-order valence-electron chi connectivity index (χ4n) is 8.21. The lowest BCUT2D eigenvalue weighted by Crippen LogP contribution is -2.72. The Morgan fingerprint density at radius 1 is 1.12 bits per heavy atom. The smallest absolute Gasteiger partial charge is 0.250 e. The molecule has 6 heterocycles. The molecule has 1 spiro atoms. The molecule has 5 fully saturated rings. The fraction of sp³-hybridized carbons (Fsp3) is 0.667. The minimum absolute atomic E-state index is 0.0373. The number of hydrazine groups is 1. The number of carbonyl (C=O) groups is 2. The summed E-state index contributed by atoms with van der Waals surface area (Å²) in [5.41, 5.74) is 4.32. The van der Waals surface area contributed by atoms with E-state index in [1.54, 1.807) is 4.90 Å². The van der Waals surface area contributed by atoms with E-state index < -0.39 is 6.10 Å². The van der Waals surface area contributed by atoms with Gasteiger partial charge in [0.15, 0.2) is 0 Å². The van der Waals surface area contributed by atoms with Gasteiger partial charge in [0.1, 0.15) is 19.1 Å². The quantitative estimate of drug-likeness (QED) is 0.297. The van der Waals surface area contributed by atoms with Gasteiger partial charge in [0.25, 0.3) is 0 Å². The molecule has 1 aromatic rings. The van der Waals surface area contributed by atoms with Crippen LogP contribution in [-0.4, -0.2) is 114 Å². The van der Waals surface area contributed by atoms with Gasteiger partial charge in [-0.05, 0) is 62.4 Å². The number of aliphatic hydroxyl groups is 1. The van der Waals surface area contributed by atoms with Gasteiger partial charge in [0.2, 0.25) is 11.8 Å². The minimum Gasteiger partial charge on any atom is -0.391 e. The Hall–Kier alpha value is -2.58. The lowest BCUT2D eigenvalue weighted by molar-refractivity contribution is -0.178. The highest BCUT2D eigenvalue weighted by molar-refractivity contribution is 5.82. The number of piperidine rings is 1. The van der Waals surface area contributed by atoms with Gasteiger partial charge >= 0.3 is 0 Å². The van der Waals surface area contributed by atoms with E-state index in [1.807, 2.05) is 17.2 Å². The zero-order valence-corrected chi connectivity index (χ0v) is 24.2. The number of anilines is 1. The molecule has 12 nitrogen and oxygen atoms in total. The van der Waals surface area contributed by atoms with E-state index >= 15 is 0 Å². The number of nitrogens with one attached hydrogen (secondary N) is 4. The number of aliphatic hydroxyl groups excluding tert-OH is 1. The summed E-state index contributed by atoms with van der Waals surface area (Å²) < 4.78 is 5.90. The first-order chi connectivity index (χ1) is 20.4. The number of nitrogens with zero attached hydrogens (tertiary/aromatic N) is 4. The molecule has 1 aromatic carbocycles. The van der Waals surface area contributed by atoms with Crippen molar-refractivity contribution in [2.24, 2.45) is 5.92 Å². The summed E-state index contributed by atoms with van der Waals surface area (Å²) in [6.07, 6.45) is 6.61. The second kappa shape index (κ2) is 10.3. The SMILES string of the molecule is CN1Cc2cc(NC3NCC4C(=O)N5C/C=C\CC(O)CN6C(=O)COC7CCC(NC76)N5C4N3)ccc2C2(CC2)C1. The Morgan fingerprint density at radius 3 is 2.86 bits per heavy atom. The number of amides is 2. The summed E-state index contributed by atoms with van der Waals surface area (Å²) in [4.78, 5) is 30.8. The van der Waals surface area contributed by atoms with E-state index in [-0.39, 0.29) is 61.8 Å². The van der Waals surface area contributed by atoms with Gasteiger partial charge < -0.3 is 25.0 Å². The van der Waals surface area contributed by atoms with Crippen LogP contribution in [0.4, 0.5) is 5.69 Å². The van der Waals surface area contributed by atoms with Crippen LogP contribution in [0.25, 0.3) is 0 Å². The minimum atomic E-state index is -0.671. The van der Waals surface area contributed by atoms with Gasteiger partial charge in [-0.1, -0.05) is 18.2 Å². The molecule has 0 radical (unpaired) electrons. The Balaban J connectivity index is 1.05. The zero-order valence-electron chi connectivity index (χ0n) is 24.2. The van der Waals surface area contributed by atoms with Crippen LogP contribution in [0.1, 0.15) is 43.2 Å². The summed E-state index contributed by atoms with van der Waals surface area (Å²) in [7, 11) is 2.21. The average Bonchev–Trinajstić information content (AvgIpc) is 3.68. The highest BCUT2D eigenvalue weighted by Gasteiger charge is 2.54. The normalized spacial score (nSPS) is 38.7. The zero-order chi connectivity index (χ0) is 28.6. The molecule has 226 valence electrons.